The van der Waals surface area contributed by atoms with E-state index in [0.29, 0.717) is 0 Å². The first-order chi connectivity index (χ1) is 10.4. The largest absolute Gasteiger partial charge is 0.385 e. The van der Waals surface area contributed by atoms with Crippen LogP contribution in [-0.4, -0.2) is 13.1 Å². The highest BCUT2D eigenvalue weighted by Gasteiger charge is 2.02. The number of benzene rings is 3. The van der Waals surface area contributed by atoms with Crippen LogP contribution in [0, 0.1) is 0 Å². The van der Waals surface area contributed by atoms with E-state index in [2.05, 4.69) is 59.9 Å². The van der Waals surface area contributed by atoms with E-state index in [1.54, 1.807) is 0 Å². The third-order valence-corrected chi connectivity index (χ3v) is 3.94. The minimum Gasteiger partial charge on any atom is -0.385 e. The molecule has 0 unspecified atom stereocenters. The molecule has 0 spiro atoms. The SMILES string of the molecule is NCCCCCNc1cccc2cc3ccccc3cc12. The Morgan fingerprint density at radius 1 is 0.762 bits per heavy atom. The lowest BCUT2D eigenvalue weighted by atomic mass is 10.0. The number of unbranched alkanes of at least 4 members (excludes halogenated alkanes) is 2. The fraction of sp³-hybridized carbons (Fsp3) is 0.263. The maximum atomic E-state index is 5.53. The molecule has 0 heterocycles. The van der Waals surface area contributed by atoms with Crippen LogP contribution < -0.4 is 11.1 Å². The lowest BCUT2D eigenvalue weighted by Crippen LogP contribution is -2.04. The number of nitrogens with two attached hydrogens (primary N) is 1. The van der Waals surface area contributed by atoms with Gasteiger partial charge in [-0.05, 0) is 53.7 Å². The van der Waals surface area contributed by atoms with Crippen LogP contribution in [-0.2, 0) is 0 Å². The summed E-state index contributed by atoms with van der Waals surface area (Å²) in [6, 6.07) is 19.6. The van der Waals surface area contributed by atoms with Gasteiger partial charge in [0, 0.05) is 17.6 Å². The maximum absolute atomic E-state index is 5.53. The molecule has 0 aliphatic rings. The predicted molar refractivity (Wildman–Crippen MR) is 92.8 cm³/mol. The molecule has 108 valence electrons. The summed E-state index contributed by atoms with van der Waals surface area (Å²) in [7, 11) is 0. The van der Waals surface area contributed by atoms with Crippen LogP contribution in [0.5, 0.6) is 0 Å². The molecule has 3 rings (SSSR count). The van der Waals surface area contributed by atoms with Gasteiger partial charge < -0.3 is 11.1 Å². The summed E-state index contributed by atoms with van der Waals surface area (Å²) in [6.45, 7) is 1.80. The molecule has 0 atom stereocenters. The van der Waals surface area contributed by atoms with Crippen LogP contribution in [0.1, 0.15) is 19.3 Å². The van der Waals surface area contributed by atoms with Crippen LogP contribution in [0.2, 0.25) is 0 Å². The zero-order valence-electron chi connectivity index (χ0n) is 12.3. The van der Waals surface area contributed by atoms with E-state index in [1.165, 1.54) is 40.1 Å². The molecule has 0 fully saturated rings. The molecule has 2 nitrogen and oxygen atoms in total. The van der Waals surface area contributed by atoms with Gasteiger partial charge in [0.15, 0.2) is 0 Å². The van der Waals surface area contributed by atoms with E-state index in [-0.39, 0.29) is 0 Å². The lowest BCUT2D eigenvalue weighted by Gasteiger charge is -2.11. The normalized spacial score (nSPS) is 11.1. The van der Waals surface area contributed by atoms with Crippen molar-refractivity contribution < 1.29 is 0 Å². The second-order valence-corrected chi connectivity index (χ2v) is 5.50. The van der Waals surface area contributed by atoms with Crippen molar-refractivity contribution in [1.82, 2.24) is 0 Å². The molecular formula is C19H22N2. The Kier molecular flexibility index (Phi) is 4.37. The minimum atomic E-state index is 0.792. The number of fused-ring (bicyclic) bond motifs is 2. The summed E-state index contributed by atoms with van der Waals surface area (Å²) in [5.41, 5.74) is 6.76. The molecule has 0 bridgehead atoms. The third kappa shape index (κ3) is 3.17. The van der Waals surface area contributed by atoms with E-state index in [9.17, 15) is 0 Å². The van der Waals surface area contributed by atoms with Gasteiger partial charge in [-0.1, -0.05) is 42.8 Å². The molecule has 0 saturated carbocycles. The average Bonchev–Trinajstić information content (AvgIpc) is 2.53. The summed E-state index contributed by atoms with van der Waals surface area (Å²) >= 11 is 0. The first-order valence-corrected chi connectivity index (χ1v) is 7.74. The summed E-state index contributed by atoms with van der Waals surface area (Å²) in [6.07, 6.45) is 3.47. The van der Waals surface area contributed by atoms with Gasteiger partial charge in [0.2, 0.25) is 0 Å². The molecule has 0 saturated heterocycles. The molecule has 0 amide bonds. The van der Waals surface area contributed by atoms with Gasteiger partial charge in [0.1, 0.15) is 0 Å². The van der Waals surface area contributed by atoms with Gasteiger partial charge in [0.05, 0.1) is 0 Å². The standard InChI is InChI=1S/C19H22N2/c20-11-4-1-5-12-21-19-10-6-9-17-13-15-7-2-3-8-16(15)14-18(17)19/h2-3,6-10,13-14,21H,1,4-5,11-12,20H2. The van der Waals surface area contributed by atoms with Gasteiger partial charge in [-0.15, -0.1) is 0 Å². The van der Waals surface area contributed by atoms with Crippen molar-refractivity contribution in [1.29, 1.82) is 0 Å². The van der Waals surface area contributed by atoms with Crippen molar-refractivity contribution in [3.05, 3.63) is 54.6 Å². The Balaban J connectivity index is 1.86. The van der Waals surface area contributed by atoms with Crippen molar-refractivity contribution in [3.8, 4) is 0 Å². The quantitative estimate of drug-likeness (QED) is 0.513. The molecule has 3 aromatic rings. The van der Waals surface area contributed by atoms with Crippen molar-refractivity contribution in [2.75, 3.05) is 18.4 Å². The van der Waals surface area contributed by atoms with Gasteiger partial charge in [-0.3, -0.25) is 0 Å². The third-order valence-electron chi connectivity index (χ3n) is 3.94. The number of rotatable bonds is 6. The number of anilines is 1. The van der Waals surface area contributed by atoms with E-state index >= 15 is 0 Å². The molecule has 21 heavy (non-hydrogen) atoms. The zero-order chi connectivity index (χ0) is 14.5. The fourth-order valence-corrected chi connectivity index (χ4v) is 2.79. The molecular weight excluding hydrogens is 256 g/mol. The average molecular weight is 278 g/mol. The van der Waals surface area contributed by atoms with Crippen LogP contribution >= 0.6 is 0 Å². The van der Waals surface area contributed by atoms with Gasteiger partial charge >= 0.3 is 0 Å². The smallest absolute Gasteiger partial charge is 0.0420 e. The topological polar surface area (TPSA) is 38.0 Å². The van der Waals surface area contributed by atoms with E-state index in [4.69, 9.17) is 5.73 Å². The Hall–Kier alpha value is -2.06. The minimum absolute atomic E-state index is 0.792. The number of hydrogen-bond acceptors (Lipinski definition) is 2. The Bertz CT molecular complexity index is 734. The Morgan fingerprint density at radius 3 is 2.33 bits per heavy atom. The highest BCUT2D eigenvalue weighted by molar-refractivity contribution is 6.03. The monoisotopic (exact) mass is 278 g/mol. The zero-order valence-corrected chi connectivity index (χ0v) is 12.3. The van der Waals surface area contributed by atoms with Crippen LogP contribution in [0.15, 0.2) is 54.6 Å². The second-order valence-electron chi connectivity index (χ2n) is 5.50. The van der Waals surface area contributed by atoms with E-state index in [1.807, 2.05) is 0 Å². The molecule has 2 heteroatoms. The van der Waals surface area contributed by atoms with Crippen molar-refractivity contribution in [3.63, 3.8) is 0 Å². The Morgan fingerprint density at radius 2 is 1.52 bits per heavy atom. The summed E-state index contributed by atoms with van der Waals surface area (Å²) in [5.74, 6) is 0. The maximum Gasteiger partial charge on any atom is 0.0420 e. The predicted octanol–water partition coefficient (Wildman–Crippen LogP) is 4.53. The highest BCUT2D eigenvalue weighted by atomic mass is 14.9. The van der Waals surface area contributed by atoms with E-state index < -0.39 is 0 Å². The number of nitrogens with one attached hydrogen (secondary N) is 1. The molecule has 0 aliphatic carbocycles. The summed E-state index contributed by atoms with van der Waals surface area (Å²) in [4.78, 5) is 0. The summed E-state index contributed by atoms with van der Waals surface area (Å²) in [5, 5.41) is 8.75. The summed E-state index contributed by atoms with van der Waals surface area (Å²) < 4.78 is 0. The van der Waals surface area contributed by atoms with Gasteiger partial charge in [-0.25, -0.2) is 0 Å². The first-order valence-electron chi connectivity index (χ1n) is 7.74. The Labute approximate surface area is 126 Å². The van der Waals surface area contributed by atoms with Crippen molar-refractivity contribution in [2.24, 2.45) is 5.73 Å². The van der Waals surface area contributed by atoms with E-state index in [0.717, 1.165) is 19.5 Å². The lowest BCUT2D eigenvalue weighted by molar-refractivity contribution is 0.707. The molecule has 0 radical (unpaired) electrons. The fourth-order valence-electron chi connectivity index (χ4n) is 2.79. The van der Waals surface area contributed by atoms with Gasteiger partial charge in [0.25, 0.3) is 0 Å². The van der Waals surface area contributed by atoms with Crippen LogP contribution in [0.4, 0.5) is 5.69 Å². The highest BCUT2D eigenvalue weighted by Crippen LogP contribution is 2.28. The van der Waals surface area contributed by atoms with Gasteiger partial charge in [-0.2, -0.15) is 0 Å². The van der Waals surface area contributed by atoms with Crippen molar-refractivity contribution >= 4 is 27.2 Å². The van der Waals surface area contributed by atoms with Crippen molar-refractivity contribution in [2.45, 2.75) is 19.3 Å². The number of hydrogen-bond donors (Lipinski definition) is 2. The van der Waals surface area contributed by atoms with Crippen LogP contribution in [0.25, 0.3) is 21.5 Å². The molecule has 3 N–H and O–H groups in total. The second kappa shape index (κ2) is 6.59. The molecule has 0 aromatic heterocycles. The molecule has 3 aromatic carbocycles. The first kappa shape index (κ1) is 13.9. The van der Waals surface area contributed by atoms with Crippen LogP contribution in [0.3, 0.4) is 0 Å². The molecule has 0 aliphatic heterocycles.